The second-order valence-corrected chi connectivity index (χ2v) is 14.2. The lowest BCUT2D eigenvalue weighted by molar-refractivity contribution is -0.208. The molecular formula is C34H44O5. The van der Waals surface area contributed by atoms with Crippen LogP contribution in [0.4, 0.5) is 0 Å². The Morgan fingerprint density at radius 3 is 2.38 bits per heavy atom. The van der Waals surface area contributed by atoms with Crippen molar-refractivity contribution in [2.45, 2.75) is 107 Å². The molecule has 7 atom stereocenters. The van der Waals surface area contributed by atoms with Gasteiger partial charge in [-0.05, 0) is 97.8 Å². The van der Waals surface area contributed by atoms with E-state index in [2.05, 4.69) is 37.8 Å². The normalized spacial score (nSPS) is 43.6. The van der Waals surface area contributed by atoms with Crippen molar-refractivity contribution in [1.82, 2.24) is 0 Å². The van der Waals surface area contributed by atoms with Crippen molar-refractivity contribution in [3.63, 3.8) is 0 Å². The highest BCUT2D eigenvalue weighted by atomic mass is 16.7. The maximum Gasteiger partial charge on any atom is 0.171 e. The summed E-state index contributed by atoms with van der Waals surface area (Å²) in [5, 5.41) is 23.0. The highest BCUT2D eigenvalue weighted by Crippen LogP contribution is 2.70. The zero-order chi connectivity index (χ0) is 26.6. The summed E-state index contributed by atoms with van der Waals surface area (Å²) in [7, 11) is 0. The first kappa shape index (κ1) is 25.2. The van der Waals surface area contributed by atoms with E-state index in [-0.39, 0.29) is 23.0 Å². The largest absolute Gasteiger partial charge is 0.388 e. The van der Waals surface area contributed by atoms with Gasteiger partial charge in [-0.2, -0.15) is 0 Å². The number of hydrogen-bond acceptors (Lipinski definition) is 5. The highest BCUT2D eigenvalue weighted by molar-refractivity contribution is 5.46. The van der Waals surface area contributed by atoms with Crippen molar-refractivity contribution in [2.24, 2.45) is 23.2 Å². The van der Waals surface area contributed by atoms with Gasteiger partial charge in [0.15, 0.2) is 5.79 Å². The summed E-state index contributed by atoms with van der Waals surface area (Å²) >= 11 is 0. The van der Waals surface area contributed by atoms with Crippen LogP contribution in [0, 0.1) is 23.2 Å². The Bertz CT molecular complexity index is 1210. The van der Waals surface area contributed by atoms with Crippen molar-refractivity contribution < 1.29 is 24.4 Å². The van der Waals surface area contributed by atoms with E-state index in [0.717, 1.165) is 70.0 Å². The lowest BCUT2D eigenvalue weighted by atomic mass is 9.49. The molecule has 2 N–H and O–H groups in total. The van der Waals surface area contributed by atoms with Gasteiger partial charge in [0.05, 0.1) is 37.1 Å². The van der Waals surface area contributed by atoms with Gasteiger partial charge in [-0.3, -0.25) is 0 Å². The number of aliphatic hydroxyl groups excluding tert-OH is 1. The van der Waals surface area contributed by atoms with Gasteiger partial charge in [0.25, 0.3) is 0 Å². The molecule has 2 spiro atoms. The SMILES string of the molecule is C=C1CCO[C@]12CCC1C3CC[C@@]4(O)CC5(CCC4=C3[C@@H](c3ccc(C(O)C4CC4)cc3)C[C@@]12C)OCCO5. The number of hydrogen-bond donors (Lipinski definition) is 2. The van der Waals surface area contributed by atoms with Crippen LogP contribution in [0.25, 0.3) is 0 Å². The minimum absolute atomic E-state index is 0.0230. The summed E-state index contributed by atoms with van der Waals surface area (Å²) in [6, 6.07) is 8.86. The third-order valence-corrected chi connectivity index (χ3v) is 12.4. The van der Waals surface area contributed by atoms with E-state index in [1.54, 1.807) is 0 Å². The summed E-state index contributed by atoms with van der Waals surface area (Å²) < 4.78 is 18.9. The van der Waals surface area contributed by atoms with Crippen LogP contribution in [-0.2, 0) is 14.2 Å². The summed E-state index contributed by atoms with van der Waals surface area (Å²) in [5.74, 6) is 1.04. The molecule has 39 heavy (non-hydrogen) atoms. The van der Waals surface area contributed by atoms with E-state index in [1.165, 1.54) is 28.7 Å². The Hall–Kier alpha value is -1.50. The molecule has 8 rings (SSSR count). The maximum absolute atomic E-state index is 12.3. The highest BCUT2D eigenvalue weighted by Gasteiger charge is 2.67. The molecule has 0 radical (unpaired) electrons. The standard InChI is InChI=1S/C34H44O5/c1-21-12-16-39-34(21)15-11-27-25-9-13-32(36)20-33(37-17-18-38-33)14-10-28(32)29(25)26(19-31(27,34)2)22-3-5-23(6-4-22)30(35)24-7-8-24/h3-6,24-27,30,35-36H,1,7-20H2,2H3/t25?,26-,27?,30?,31+,32-,34-/m1/s1. The molecular weight excluding hydrogens is 488 g/mol. The van der Waals surface area contributed by atoms with E-state index in [1.807, 2.05) is 0 Å². The van der Waals surface area contributed by atoms with Gasteiger partial charge in [-0.1, -0.05) is 43.3 Å². The topological polar surface area (TPSA) is 68.2 Å². The van der Waals surface area contributed by atoms with Crippen molar-refractivity contribution in [1.29, 1.82) is 0 Å². The van der Waals surface area contributed by atoms with Gasteiger partial charge >= 0.3 is 0 Å². The van der Waals surface area contributed by atoms with Gasteiger partial charge < -0.3 is 24.4 Å². The van der Waals surface area contributed by atoms with E-state index in [0.29, 0.717) is 37.4 Å². The van der Waals surface area contributed by atoms with Crippen molar-refractivity contribution >= 4 is 0 Å². The Labute approximate surface area is 232 Å². The Kier molecular flexibility index (Phi) is 5.51. The van der Waals surface area contributed by atoms with Crippen LogP contribution in [-0.4, -0.2) is 47.0 Å². The second-order valence-electron chi connectivity index (χ2n) is 14.2. The first-order valence-electron chi connectivity index (χ1n) is 15.6. The van der Waals surface area contributed by atoms with Gasteiger partial charge in [0.1, 0.15) is 0 Å². The fourth-order valence-electron chi connectivity index (χ4n) is 10.4. The molecule has 7 aliphatic rings. The average molecular weight is 533 g/mol. The number of allylic oxidation sites excluding steroid dienone is 1. The van der Waals surface area contributed by atoms with Crippen LogP contribution in [0.3, 0.4) is 0 Å². The molecule has 3 unspecified atom stereocenters. The lowest BCUT2D eigenvalue weighted by Crippen LogP contribution is -2.55. The number of aliphatic hydroxyl groups is 2. The first-order chi connectivity index (χ1) is 18.8. The molecule has 210 valence electrons. The molecule has 5 nitrogen and oxygen atoms in total. The predicted octanol–water partition coefficient (Wildman–Crippen LogP) is 6.11. The molecule has 1 aromatic rings. The Morgan fingerprint density at radius 1 is 0.923 bits per heavy atom. The predicted molar refractivity (Wildman–Crippen MR) is 148 cm³/mol. The van der Waals surface area contributed by atoms with Crippen LogP contribution in [0.5, 0.6) is 0 Å². The van der Waals surface area contributed by atoms with Crippen LogP contribution < -0.4 is 0 Å². The molecule has 4 saturated carbocycles. The first-order valence-corrected chi connectivity index (χ1v) is 15.6. The summed E-state index contributed by atoms with van der Waals surface area (Å²) in [6.45, 7) is 9.10. The fraction of sp³-hybridized carbons (Fsp3) is 0.706. The van der Waals surface area contributed by atoms with Crippen LogP contribution in [0.2, 0.25) is 0 Å². The number of fused-ring (bicyclic) bond motifs is 5. The summed E-state index contributed by atoms with van der Waals surface area (Å²) in [4.78, 5) is 0. The van der Waals surface area contributed by atoms with Crippen molar-refractivity contribution in [3.05, 3.63) is 58.7 Å². The molecule has 5 heteroatoms. The van der Waals surface area contributed by atoms with E-state index in [4.69, 9.17) is 14.2 Å². The van der Waals surface area contributed by atoms with Gasteiger partial charge in [-0.15, -0.1) is 0 Å². The molecule has 0 aromatic heterocycles. The van der Waals surface area contributed by atoms with Gasteiger partial charge in [-0.25, -0.2) is 0 Å². The summed E-state index contributed by atoms with van der Waals surface area (Å²) in [6.07, 6.45) is 10.1. The number of ether oxygens (including phenoxy) is 3. The zero-order valence-corrected chi connectivity index (χ0v) is 23.4. The maximum atomic E-state index is 12.3. The molecule has 2 saturated heterocycles. The van der Waals surface area contributed by atoms with Crippen LogP contribution >= 0.6 is 0 Å². The third-order valence-electron chi connectivity index (χ3n) is 12.4. The fourth-order valence-corrected chi connectivity index (χ4v) is 10.4. The smallest absolute Gasteiger partial charge is 0.171 e. The summed E-state index contributed by atoms with van der Waals surface area (Å²) in [5.41, 5.74) is 5.40. The van der Waals surface area contributed by atoms with Crippen LogP contribution in [0.15, 0.2) is 47.6 Å². The quantitative estimate of drug-likeness (QED) is 0.460. The molecule has 5 aliphatic carbocycles. The number of benzene rings is 1. The molecule has 2 heterocycles. The minimum atomic E-state index is -0.855. The zero-order valence-electron chi connectivity index (χ0n) is 23.4. The molecule has 0 amide bonds. The van der Waals surface area contributed by atoms with E-state index < -0.39 is 11.4 Å². The minimum Gasteiger partial charge on any atom is -0.388 e. The molecule has 2 aliphatic heterocycles. The lowest BCUT2D eigenvalue weighted by Gasteiger charge is -2.58. The molecule has 1 aromatic carbocycles. The average Bonchev–Trinajstić information content (AvgIpc) is 3.47. The second kappa shape index (κ2) is 8.51. The Morgan fingerprint density at radius 2 is 1.69 bits per heavy atom. The third kappa shape index (κ3) is 3.49. The molecule has 0 bridgehead atoms. The van der Waals surface area contributed by atoms with Gasteiger partial charge in [0, 0.05) is 24.2 Å². The van der Waals surface area contributed by atoms with Crippen molar-refractivity contribution in [2.75, 3.05) is 19.8 Å². The Balaban J connectivity index is 1.23. The van der Waals surface area contributed by atoms with E-state index in [9.17, 15) is 10.2 Å². The monoisotopic (exact) mass is 532 g/mol. The van der Waals surface area contributed by atoms with Crippen molar-refractivity contribution in [3.8, 4) is 0 Å². The van der Waals surface area contributed by atoms with Gasteiger partial charge in [0.2, 0.25) is 0 Å². The number of rotatable bonds is 3. The van der Waals surface area contributed by atoms with Crippen LogP contribution in [0.1, 0.15) is 101 Å². The van der Waals surface area contributed by atoms with E-state index >= 15 is 0 Å². The molecule has 6 fully saturated rings.